The molecule has 11 heavy (non-hydrogen) atoms. The van der Waals surface area contributed by atoms with Crippen LogP contribution in [0.5, 0.6) is 0 Å². The third kappa shape index (κ3) is 2.10. The zero-order valence-corrected chi connectivity index (χ0v) is 10.1. The number of hydrogen-bond donors (Lipinski definition) is 0. The first-order chi connectivity index (χ1) is 4.96. The standard InChI is InChI=1S/C10H19I/c1-9(2,11)10(3)7-5-4-6-8-10/h4-8H2,1-3H3. The zero-order valence-electron chi connectivity index (χ0n) is 7.91. The van der Waals surface area contributed by atoms with Crippen LogP contribution < -0.4 is 0 Å². The van der Waals surface area contributed by atoms with Gasteiger partial charge in [0.2, 0.25) is 0 Å². The van der Waals surface area contributed by atoms with Crippen molar-refractivity contribution in [3.05, 3.63) is 0 Å². The SMILES string of the molecule is CC(C)(I)C1(C)CCCCC1. The second-order valence-electron chi connectivity index (χ2n) is 4.59. The lowest BCUT2D eigenvalue weighted by atomic mass is 9.68. The molecule has 0 unspecified atom stereocenters. The molecule has 0 atom stereocenters. The summed E-state index contributed by atoms with van der Waals surface area (Å²) in [7, 11) is 0. The summed E-state index contributed by atoms with van der Waals surface area (Å²) in [5, 5.41) is 0. The Hall–Kier alpha value is 0.730. The fourth-order valence-corrected chi connectivity index (χ4v) is 2.47. The monoisotopic (exact) mass is 266 g/mol. The molecule has 0 aromatic heterocycles. The maximum Gasteiger partial charge on any atom is 0.0219 e. The molecular formula is C10H19I. The topological polar surface area (TPSA) is 0 Å². The van der Waals surface area contributed by atoms with E-state index in [0.717, 1.165) is 0 Å². The van der Waals surface area contributed by atoms with Gasteiger partial charge in [-0.1, -0.05) is 62.6 Å². The second kappa shape index (κ2) is 3.23. The molecule has 1 fully saturated rings. The molecular weight excluding hydrogens is 247 g/mol. The molecule has 0 aromatic carbocycles. The fourth-order valence-electron chi connectivity index (χ4n) is 1.93. The van der Waals surface area contributed by atoms with E-state index in [4.69, 9.17) is 0 Å². The molecule has 0 nitrogen and oxygen atoms in total. The minimum absolute atomic E-state index is 0.477. The molecule has 0 aromatic rings. The van der Waals surface area contributed by atoms with Gasteiger partial charge in [0.25, 0.3) is 0 Å². The Balaban J connectivity index is 2.64. The lowest BCUT2D eigenvalue weighted by Gasteiger charge is -2.43. The van der Waals surface area contributed by atoms with Crippen molar-refractivity contribution in [1.82, 2.24) is 0 Å². The van der Waals surface area contributed by atoms with Crippen molar-refractivity contribution >= 4 is 22.6 Å². The molecule has 0 bridgehead atoms. The average Bonchev–Trinajstić information content (AvgIpc) is 1.87. The van der Waals surface area contributed by atoms with Crippen LogP contribution in [-0.2, 0) is 0 Å². The maximum atomic E-state index is 2.61. The Bertz CT molecular complexity index is 126. The van der Waals surface area contributed by atoms with Crippen molar-refractivity contribution in [2.75, 3.05) is 0 Å². The first-order valence-electron chi connectivity index (χ1n) is 4.65. The minimum Gasteiger partial charge on any atom is -0.0789 e. The molecule has 1 rings (SSSR count). The first kappa shape index (κ1) is 9.82. The Morgan fingerprint density at radius 3 is 1.82 bits per heavy atom. The van der Waals surface area contributed by atoms with E-state index in [9.17, 15) is 0 Å². The predicted molar refractivity (Wildman–Crippen MR) is 59.3 cm³/mol. The summed E-state index contributed by atoms with van der Waals surface area (Å²) in [5.41, 5.74) is 0.603. The van der Waals surface area contributed by atoms with Gasteiger partial charge in [-0.05, 0) is 18.3 Å². The summed E-state index contributed by atoms with van der Waals surface area (Å²) in [6.07, 6.45) is 7.22. The lowest BCUT2D eigenvalue weighted by Crippen LogP contribution is -2.37. The highest BCUT2D eigenvalue weighted by Crippen LogP contribution is 2.48. The molecule has 1 aliphatic rings. The third-order valence-electron chi connectivity index (χ3n) is 3.39. The van der Waals surface area contributed by atoms with Gasteiger partial charge >= 0.3 is 0 Å². The van der Waals surface area contributed by atoms with E-state index in [1.165, 1.54) is 32.1 Å². The summed E-state index contributed by atoms with van der Waals surface area (Å²) in [6.45, 7) is 7.20. The summed E-state index contributed by atoms with van der Waals surface area (Å²) in [4.78, 5) is 0. The Labute approximate surface area is 84.3 Å². The summed E-state index contributed by atoms with van der Waals surface area (Å²) in [5.74, 6) is 0. The summed E-state index contributed by atoms with van der Waals surface area (Å²) >= 11 is 2.61. The van der Waals surface area contributed by atoms with Crippen molar-refractivity contribution in [2.24, 2.45) is 5.41 Å². The smallest absolute Gasteiger partial charge is 0.0219 e. The van der Waals surface area contributed by atoms with Crippen LogP contribution in [0.4, 0.5) is 0 Å². The summed E-state index contributed by atoms with van der Waals surface area (Å²) < 4.78 is 0.477. The van der Waals surface area contributed by atoms with Gasteiger partial charge in [-0.25, -0.2) is 0 Å². The fraction of sp³-hybridized carbons (Fsp3) is 1.00. The average molecular weight is 266 g/mol. The molecule has 1 saturated carbocycles. The van der Waals surface area contributed by atoms with E-state index in [-0.39, 0.29) is 0 Å². The van der Waals surface area contributed by atoms with Crippen LogP contribution in [-0.4, -0.2) is 3.42 Å². The van der Waals surface area contributed by atoms with E-state index in [1.54, 1.807) is 0 Å². The molecule has 66 valence electrons. The van der Waals surface area contributed by atoms with E-state index in [0.29, 0.717) is 8.84 Å². The molecule has 0 saturated heterocycles. The highest BCUT2D eigenvalue weighted by Gasteiger charge is 2.39. The van der Waals surface area contributed by atoms with E-state index in [2.05, 4.69) is 43.4 Å². The van der Waals surface area contributed by atoms with E-state index in [1.807, 2.05) is 0 Å². The zero-order chi connectivity index (χ0) is 8.54. The van der Waals surface area contributed by atoms with Crippen LogP contribution in [0.15, 0.2) is 0 Å². The Morgan fingerprint density at radius 2 is 1.55 bits per heavy atom. The number of rotatable bonds is 1. The third-order valence-corrected chi connectivity index (χ3v) is 4.69. The van der Waals surface area contributed by atoms with Crippen LogP contribution in [0.1, 0.15) is 52.9 Å². The first-order valence-corrected chi connectivity index (χ1v) is 5.72. The quantitative estimate of drug-likeness (QED) is 0.493. The van der Waals surface area contributed by atoms with Crippen molar-refractivity contribution in [2.45, 2.75) is 56.3 Å². The molecule has 0 N–H and O–H groups in total. The van der Waals surface area contributed by atoms with Crippen molar-refractivity contribution in [1.29, 1.82) is 0 Å². The van der Waals surface area contributed by atoms with E-state index < -0.39 is 0 Å². The largest absolute Gasteiger partial charge is 0.0789 e. The highest BCUT2D eigenvalue weighted by molar-refractivity contribution is 14.1. The van der Waals surface area contributed by atoms with Gasteiger partial charge < -0.3 is 0 Å². The lowest BCUT2D eigenvalue weighted by molar-refractivity contribution is 0.176. The van der Waals surface area contributed by atoms with Gasteiger partial charge in [0.1, 0.15) is 0 Å². The van der Waals surface area contributed by atoms with Crippen LogP contribution in [0.2, 0.25) is 0 Å². The van der Waals surface area contributed by atoms with Crippen LogP contribution in [0.3, 0.4) is 0 Å². The minimum atomic E-state index is 0.477. The van der Waals surface area contributed by atoms with Gasteiger partial charge in [0.15, 0.2) is 0 Å². The van der Waals surface area contributed by atoms with Gasteiger partial charge in [0, 0.05) is 3.42 Å². The maximum absolute atomic E-state index is 2.61. The second-order valence-corrected chi connectivity index (χ2v) is 7.29. The van der Waals surface area contributed by atoms with Crippen molar-refractivity contribution in [3.8, 4) is 0 Å². The number of halogens is 1. The number of alkyl halides is 1. The van der Waals surface area contributed by atoms with Gasteiger partial charge in [0.05, 0.1) is 0 Å². The van der Waals surface area contributed by atoms with E-state index >= 15 is 0 Å². The van der Waals surface area contributed by atoms with Crippen molar-refractivity contribution in [3.63, 3.8) is 0 Å². The molecule has 1 aliphatic carbocycles. The molecule has 0 spiro atoms. The molecule has 1 heteroatoms. The highest BCUT2D eigenvalue weighted by atomic mass is 127. The number of hydrogen-bond acceptors (Lipinski definition) is 0. The molecule has 0 radical (unpaired) electrons. The van der Waals surface area contributed by atoms with Crippen LogP contribution in [0.25, 0.3) is 0 Å². The van der Waals surface area contributed by atoms with Crippen LogP contribution >= 0.6 is 22.6 Å². The molecule has 0 heterocycles. The van der Waals surface area contributed by atoms with Gasteiger partial charge in [-0.15, -0.1) is 0 Å². The van der Waals surface area contributed by atoms with Gasteiger partial charge in [-0.2, -0.15) is 0 Å². The Kier molecular flexibility index (Phi) is 2.88. The van der Waals surface area contributed by atoms with Gasteiger partial charge in [-0.3, -0.25) is 0 Å². The molecule has 0 aliphatic heterocycles. The van der Waals surface area contributed by atoms with Crippen molar-refractivity contribution < 1.29 is 0 Å². The predicted octanol–water partition coefficient (Wildman–Crippen LogP) is 4.17. The normalized spacial score (nSPS) is 25.1. The summed E-state index contributed by atoms with van der Waals surface area (Å²) in [6, 6.07) is 0. The van der Waals surface area contributed by atoms with Crippen LogP contribution in [0, 0.1) is 5.41 Å². The Morgan fingerprint density at radius 1 is 1.09 bits per heavy atom. The molecule has 0 amide bonds.